The summed E-state index contributed by atoms with van der Waals surface area (Å²) in [5, 5.41) is 9.05. The Morgan fingerprint density at radius 3 is 2.60 bits per heavy atom. The second-order valence-corrected chi connectivity index (χ2v) is 7.55. The molecule has 1 aliphatic heterocycles. The number of hydrogen-bond acceptors (Lipinski definition) is 6. The summed E-state index contributed by atoms with van der Waals surface area (Å²) in [6.45, 7) is 4.74. The van der Waals surface area contributed by atoms with Gasteiger partial charge in [0.1, 0.15) is 11.8 Å². The lowest BCUT2D eigenvalue weighted by Gasteiger charge is -2.24. The van der Waals surface area contributed by atoms with Crippen LogP contribution in [0.25, 0.3) is 0 Å². The van der Waals surface area contributed by atoms with Crippen molar-refractivity contribution in [3.63, 3.8) is 0 Å². The Hall–Kier alpha value is -3.19. The summed E-state index contributed by atoms with van der Waals surface area (Å²) in [6.07, 6.45) is 0.189. The van der Waals surface area contributed by atoms with E-state index in [1.807, 2.05) is 63.5 Å². The quantitative estimate of drug-likeness (QED) is 0.712. The first-order valence-corrected chi connectivity index (χ1v) is 10.0. The standard InChI is InChI=1S/C23H28N4O3/c1-5-30-23(29)20-14-21(27(25-20)18-9-7-6-8-10-18)22(28)24-19-12-11-16(2)13-17(19)15-26(3)4/h6-13,21H,5,14-15H2,1-4H3,(H,24,28). The van der Waals surface area contributed by atoms with Crippen LogP contribution in [0, 0.1) is 6.92 Å². The van der Waals surface area contributed by atoms with E-state index < -0.39 is 12.0 Å². The summed E-state index contributed by atoms with van der Waals surface area (Å²) in [5.41, 5.74) is 3.92. The average Bonchev–Trinajstić information content (AvgIpc) is 3.16. The van der Waals surface area contributed by atoms with Crippen LogP contribution in [0.1, 0.15) is 24.5 Å². The molecule has 2 aromatic rings. The second-order valence-electron chi connectivity index (χ2n) is 7.55. The fourth-order valence-electron chi connectivity index (χ4n) is 3.40. The third-order valence-corrected chi connectivity index (χ3v) is 4.75. The van der Waals surface area contributed by atoms with E-state index in [4.69, 9.17) is 4.74 Å². The highest BCUT2D eigenvalue weighted by Crippen LogP contribution is 2.27. The number of para-hydroxylation sites is 1. The SMILES string of the molecule is CCOC(=O)C1=NN(c2ccccc2)C(C(=O)Nc2ccc(C)cc2CN(C)C)C1. The minimum Gasteiger partial charge on any atom is -0.461 e. The van der Waals surface area contributed by atoms with Gasteiger partial charge in [-0.15, -0.1) is 0 Å². The Morgan fingerprint density at radius 2 is 1.93 bits per heavy atom. The van der Waals surface area contributed by atoms with Gasteiger partial charge in [-0.1, -0.05) is 35.9 Å². The molecule has 0 spiro atoms. The molecule has 1 aliphatic rings. The second kappa shape index (κ2) is 9.54. The summed E-state index contributed by atoms with van der Waals surface area (Å²) < 4.78 is 5.10. The van der Waals surface area contributed by atoms with E-state index in [9.17, 15) is 9.59 Å². The fraction of sp³-hybridized carbons (Fsp3) is 0.348. The molecule has 7 nitrogen and oxygen atoms in total. The maximum Gasteiger partial charge on any atom is 0.354 e. The molecule has 0 aliphatic carbocycles. The number of hydrogen-bond donors (Lipinski definition) is 1. The molecule has 0 saturated heterocycles. The van der Waals surface area contributed by atoms with Gasteiger partial charge in [0.25, 0.3) is 0 Å². The third kappa shape index (κ3) is 5.04. The Balaban J connectivity index is 1.86. The molecule has 0 saturated carbocycles. The lowest BCUT2D eigenvalue weighted by molar-refractivity contribution is -0.135. The van der Waals surface area contributed by atoms with Crippen molar-refractivity contribution < 1.29 is 14.3 Å². The molecule has 158 valence electrons. The van der Waals surface area contributed by atoms with Crippen molar-refractivity contribution in [2.24, 2.45) is 5.10 Å². The van der Waals surface area contributed by atoms with Gasteiger partial charge in [0, 0.05) is 18.7 Å². The molecule has 1 unspecified atom stereocenters. The molecule has 0 aromatic heterocycles. The van der Waals surface area contributed by atoms with E-state index in [2.05, 4.69) is 21.4 Å². The van der Waals surface area contributed by atoms with Gasteiger partial charge >= 0.3 is 5.97 Å². The summed E-state index contributed by atoms with van der Waals surface area (Å²) in [6, 6.07) is 14.7. The van der Waals surface area contributed by atoms with Gasteiger partial charge in [-0.25, -0.2) is 4.79 Å². The summed E-state index contributed by atoms with van der Waals surface area (Å²) in [5.74, 6) is -0.705. The minimum absolute atomic E-state index is 0.189. The van der Waals surface area contributed by atoms with Crippen LogP contribution in [-0.4, -0.2) is 49.2 Å². The van der Waals surface area contributed by atoms with Crippen molar-refractivity contribution in [1.29, 1.82) is 0 Å². The number of anilines is 2. The maximum atomic E-state index is 13.3. The Kier molecular flexibility index (Phi) is 6.84. The smallest absolute Gasteiger partial charge is 0.354 e. The first-order valence-electron chi connectivity index (χ1n) is 10.0. The lowest BCUT2D eigenvalue weighted by Crippen LogP contribution is -2.39. The van der Waals surface area contributed by atoms with E-state index in [0.717, 1.165) is 22.5 Å². The lowest BCUT2D eigenvalue weighted by atomic mass is 10.1. The molecule has 30 heavy (non-hydrogen) atoms. The van der Waals surface area contributed by atoms with E-state index in [0.29, 0.717) is 6.54 Å². The Morgan fingerprint density at radius 1 is 1.20 bits per heavy atom. The van der Waals surface area contributed by atoms with Crippen molar-refractivity contribution in [2.45, 2.75) is 32.9 Å². The summed E-state index contributed by atoms with van der Waals surface area (Å²) >= 11 is 0. The normalized spacial score (nSPS) is 15.8. The van der Waals surface area contributed by atoms with Crippen LogP contribution >= 0.6 is 0 Å². The molecule has 1 atom stereocenters. The van der Waals surface area contributed by atoms with Crippen molar-refractivity contribution >= 4 is 29.0 Å². The zero-order valence-electron chi connectivity index (χ0n) is 17.9. The largest absolute Gasteiger partial charge is 0.461 e. The first-order chi connectivity index (χ1) is 14.4. The van der Waals surface area contributed by atoms with Crippen LogP contribution < -0.4 is 10.3 Å². The maximum absolute atomic E-state index is 13.3. The van der Waals surface area contributed by atoms with Crippen LogP contribution in [0.4, 0.5) is 11.4 Å². The van der Waals surface area contributed by atoms with E-state index in [1.54, 1.807) is 11.9 Å². The molecule has 3 rings (SSSR count). The average molecular weight is 409 g/mol. The van der Waals surface area contributed by atoms with E-state index >= 15 is 0 Å². The van der Waals surface area contributed by atoms with Crippen molar-refractivity contribution in [2.75, 3.05) is 31.0 Å². The number of ether oxygens (including phenoxy) is 1. The molecule has 1 heterocycles. The molecule has 1 N–H and O–H groups in total. The van der Waals surface area contributed by atoms with Crippen LogP contribution in [-0.2, 0) is 20.9 Å². The number of carbonyl (C=O) groups excluding carboxylic acids is 2. The number of amides is 1. The predicted octanol–water partition coefficient (Wildman–Crippen LogP) is 3.19. The van der Waals surface area contributed by atoms with Crippen LogP contribution in [0.5, 0.6) is 0 Å². The van der Waals surface area contributed by atoms with Gasteiger partial charge in [0.2, 0.25) is 5.91 Å². The molecular formula is C23H28N4O3. The predicted molar refractivity (Wildman–Crippen MR) is 119 cm³/mol. The van der Waals surface area contributed by atoms with Crippen molar-refractivity contribution in [1.82, 2.24) is 4.90 Å². The van der Waals surface area contributed by atoms with Crippen LogP contribution in [0.3, 0.4) is 0 Å². The van der Waals surface area contributed by atoms with Gasteiger partial charge in [0.05, 0.1) is 12.3 Å². The van der Waals surface area contributed by atoms with Gasteiger partial charge in [-0.05, 0) is 51.7 Å². The first kappa shape index (κ1) is 21.5. The number of hydrazone groups is 1. The molecule has 0 bridgehead atoms. The van der Waals surface area contributed by atoms with E-state index in [-0.39, 0.29) is 24.6 Å². The zero-order valence-corrected chi connectivity index (χ0v) is 17.9. The van der Waals surface area contributed by atoms with Crippen molar-refractivity contribution in [3.05, 3.63) is 59.7 Å². The van der Waals surface area contributed by atoms with Gasteiger partial charge < -0.3 is 15.0 Å². The minimum atomic E-state index is -0.639. The monoisotopic (exact) mass is 408 g/mol. The third-order valence-electron chi connectivity index (χ3n) is 4.75. The van der Waals surface area contributed by atoms with Crippen LogP contribution in [0.2, 0.25) is 0 Å². The number of benzene rings is 2. The Labute approximate surface area is 177 Å². The zero-order chi connectivity index (χ0) is 21.7. The molecule has 1 amide bonds. The highest BCUT2D eigenvalue weighted by molar-refractivity contribution is 6.38. The highest BCUT2D eigenvalue weighted by Gasteiger charge is 2.37. The molecule has 0 fully saturated rings. The number of esters is 1. The van der Waals surface area contributed by atoms with Gasteiger partial charge in [-0.2, -0.15) is 5.10 Å². The number of nitrogens with zero attached hydrogens (tertiary/aromatic N) is 3. The fourth-order valence-corrected chi connectivity index (χ4v) is 3.40. The number of nitrogens with one attached hydrogen (secondary N) is 1. The van der Waals surface area contributed by atoms with E-state index in [1.165, 1.54) is 0 Å². The molecule has 7 heteroatoms. The highest BCUT2D eigenvalue weighted by atomic mass is 16.5. The summed E-state index contributed by atoms with van der Waals surface area (Å²) in [7, 11) is 3.98. The number of carbonyl (C=O) groups is 2. The number of aryl methyl sites for hydroxylation is 1. The van der Waals surface area contributed by atoms with Gasteiger partial charge in [-0.3, -0.25) is 9.80 Å². The van der Waals surface area contributed by atoms with Crippen LogP contribution in [0.15, 0.2) is 53.6 Å². The topological polar surface area (TPSA) is 74.2 Å². The Bertz CT molecular complexity index is 941. The number of rotatable bonds is 7. The molecule has 2 aromatic carbocycles. The molecule has 0 radical (unpaired) electrons. The van der Waals surface area contributed by atoms with Gasteiger partial charge in [0.15, 0.2) is 0 Å². The van der Waals surface area contributed by atoms with Crippen molar-refractivity contribution in [3.8, 4) is 0 Å². The summed E-state index contributed by atoms with van der Waals surface area (Å²) in [4.78, 5) is 27.6. The molecular weight excluding hydrogens is 380 g/mol.